The lowest BCUT2D eigenvalue weighted by molar-refractivity contribution is -0.141. The largest absolute Gasteiger partial charge is 0.357 e. The third-order valence-electron chi connectivity index (χ3n) is 6.43. The second kappa shape index (κ2) is 12.0. The molecule has 0 saturated heterocycles. The lowest BCUT2D eigenvalue weighted by Crippen LogP contribution is -2.49. The van der Waals surface area contributed by atoms with Gasteiger partial charge in [0.1, 0.15) is 6.04 Å². The molecule has 3 aromatic carbocycles. The summed E-state index contributed by atoms with van der Waals surface area (Å²) in [4.78, 5) is 54.7. The molecule has 4 rings (SSSR count). The third kappa shape index (κ3) is 6.14. The van der Waals surface area contributed by atoms with Crippen molar-refractivity contribution < 1.29 is 19.2 Å². The fraction of sp³-hybridized carbons (Fsp3) is 0.241. The fourth-order valence-electron chi connectivity index (χ4n) is 4.48. The Balaban J connectivity index is 1.51. The number of carbonyl (C=O) groups is 4. The van der Waals surface area contributed by atoms with Crippen LogP contribution in [0.5, 0.6) is 0 Å². The molecule has 8 heteroatoms. The maximum atomic E-state index is 13.6. The maximum absolute atomic E-state index is 13.6. The van der Waals surface area contributed by atoms with E-state index in [9.17, 15) is 19.2 Å². The first-order valence-corrected chi connectivity index (χ1v) is 12.9. The van der Waals surface area contributed by atoms with Gasteiger partial charge in [-0.3, -0.25) is 24.1 Å². The zero-order valence-corrected chi connectivity index (χ0v) is 22.1. The molecule has 37 heavy (non-hydrogen) atoms. The lowest BCUT2D eigenvalue weighted by Gasteiger charge is -2.31. The van der Waals surface area contributed by atoms with Crippen molar-refractivity contribution in [2.75, 3.05) is 13.6 Å². The van der Waals surface area contributed by atoms with Gasteiger partial charge in [0.25, 0.3) is 11.8 Å². The lowest BCUT2D eigenvalue weighted by atomic mass is 10.0. The number of fused-ring (bicyclic) bond motifs is 1. The molecular weight excluding hydrogens is 534 g/mol. The Kier molecular flexibility index (Phi) is 8.50. The summed E-state index contributed by atoms with van der Waals surface area (Å²) in [6.07, 6.45) is 0.750. The number of halogens is 1. The standard InChI is InChI=1S/C29H28BrN3O4/c1-31-27(35)25(18-20-8-3-2-4-9-20)33(19-21-13-15-22(30)16-14-21)26(34)12-7-17-32-28(36)23-10-5-6-11-24(23)29(32)37/h2-6,8-11,13-16,25H,7,12,17-19H2,1H3,(H,31,35)/t25-/m0/s1. The minimum Gasteiger partial charge on any atom is -0.357 e. The van der Waals surface area contributed by atoms with E-state index < -0.39 is 6.04 Å². The number of hydrogen-bond donors (Lipinski definition) is 1. The average Bonchev–Trinajstić information content (AvgIpc) is 3.16. The molecule has 190 valence electrons. The topological polar surface area (TPSA) is 86.8 Å². The second-order valence-corrected chi connectivity index (χ2v) is 9.79. The Labute approximate surface area is 224 Å². The van der Waals surface area contributed by atoms with Gasteiger partial charge in [0.2, 0.25) is 11.8 Å². The van der Waals surface area contributed by atoms with Gasteiger partial charge in [-0.2, -0.15) is 0 Å². The molecular formula is C29H28BrN3O4. The summed E-state index contributed by atoms with van der Waals surface area (Å²) in [5.74, 6) is -1.15. The van der Waals surface area contributed by atoms with Crippen molar-refractivity contribution in [2.45, 2.75) is 31.8 Å². The number of imide groups is 1. The van der Waals surface area contributed by atoms with Crippen molar-refractivity contribution in [2.24, 2.45) is 0 Å². The summed E-state index contributed by atoms with van der Waals surface area (Å²) in [5.41, 5.74) is 2.60. The van der Waals surface area contributed by atoms with Crippen LogP contribution in [-0.4, -0.2) is 53.1 Å². The molecule has 0 spiro atoms. The number of amides is 4. The average molecular weight is 562 g/mol. The van der Waals surface area contributed by atoms with E-state index in [2.05, 4.69) is 21.2 Å². The van der Waals surface area contributed by atoms with Gasteiger partial charge in [-0.05, 0) is 41.8 Å². The summed E-state index contributed by atoms with van der Waals surface area (Å²) < 4.78 is 0.919. The highest BCUT2D eigenvalue weighted by atomic mass is 79.9. The third-order valence-corrected chi connectivity index (χ3v) is 6.96. The number of nitrogens with one attached hydrogen (secondary N) is 1. The summed E-state index contributed by atoms with van der Waals surface area (Å²) in [7, 11) is 1.56. The minimum absolute atomic E-state index is 0.0895. The predicted octanol–water partition coefficient (Wildman–Crippen LogP) is 4.21. The van der Waals surface area contributed by atoms with Crippen LogP contribution in [0, 0.1) is 0 Å². The van der Waals surface area contributed by atoms with Gasteiger partial charge >= 0.3 is 0 Å². The van der Waals surface area contributed by atoms with Gasteiger partial charge in [0.05, 0.1) is 11.1 Å². The quantitative estimate of drug-likeness (QED) is 0.375. The number of carbonyl (C=O) groups excluding carboxylic acids is 4. The van der Waals surface area contributed by atoms with Gasteiger partial charge in [-0.15, -0.1) is 0 Å². The van der Waals surface area contributed by atoms with E-state index in [0.717, 1.165) is 15.6 Å². The highest BCUT2D eigenvalue weighted by molar-refractivity contribution is 9.10. The van der Waals surface area contributed by atoms with Crippen LogP contribution in [0.2, 0.25) is 0 Å². The molecule has 4 amide bonds. The Hall–Kier alpha value is -3.78. The zero-order chi connectivity index (χ0) is 26.4. The van der Waals surface area contributed by atoms with Crippen LogP contribution in [0.1, 0.15) is 44.7 Å². The van der Waals surface area contributed by atoms with Crippen LogP contribution >= 0.6 is 15.9 Å². The first-order valence-electron chi connectivity index (χ1n) is 12.1. The summed E-state index contributed by atoms with van der Waals surface area (Å²) in [6, 6.07) is 23.2. The monoisotopic (exact) mass is 561 g/mol. The number of hydrogen-bond acceptors (Lipinski definition) is 4. The first-order chi connectivity index (χ1) is 17.9. The molecule has 0 saturated carbocycles. The van der Waals surface area contributed by atoms with Crippen LogP contribution in [0.3, 0.4) is 0 Å². The summed E-state index contributed by atoms with van der Waals surface area (Å²) in [5, 5.41) is 2.70. The highest BCUT2D eigenvalue weighted by Crippen LogP contribution is 2.23. The SMILES string of the molecule is CNC(=O)[C@H](Cc1ccccc1)N(Cc1ccc(Br)cc1)C(=O)CCCN1C(=O)c2ccccc2C1=O. The molecule has 1 aliphatic heterocycles. The van der Waals surface area contributed by atoms with Gasteiger partial charge in [-0.25, -0.2) is 0 Å². The van der Waals surface area contributed by atoms with Crippen molar-refractivity contribution in [1.29, 1.82) is 0 Å². The number of benzene rings is 3. The number of nitrogens with zero attached hydrogens (tertiary/aromatic N) is 2. The fourth-order valence-corrected chi connectivity index (χ4v) is 4.75. The van der Waals surface area contributed by atoms with Crippen LogP contribution in [0.25, 0.3) is 0 Å². The van der Waals surface area contributed by atoms with Crippen LogP contribution in [0.15, 0.2) is 83.3 Å². The molecule has 0 bridgehead atoms. The Morgan fingerprint density at radius 1 is 0.865 bits per heavy atom. The molecule has 0 unspecified atom stereocenters. The van der Waals surface area contributed by atoms with E-state index in [0.29, 0.717) is 24.0 Å². The van der Waals surface area contributed by atoms with Gasteiger partial charge < -0.3 is 10.2 Å². The van der Waals surface area contributed by atoms with E-state index in [1.165, 1.54) is 4.90 Å². The second-order valence-electron chi connectivity index (χ2n) is 8.88. The van der Waals surface area contributed by atoms with Crippen molar-refractivity contribution in [3.63, 3.8) is 0 Å². The molecule has 0 fully saturated rings. The van der Waals surface area contributed by atoms with Crippen LogP contribution in [0.4, 0.5) is 0 Å². The maximum Gasteiger partial charge on any atom is 0.261 e. The zero-order valence-electron chi connectivity index (χ0n) is 20.5. The molecule has 0 radical (unpaired) electrons. The Morgan fingerprint density at radius 3 is 2.05 bits per heavy atom. The van der Waals surface area contributed by atoms with Gasteiger partial charge in [0.15, 0.2) is 0 Å². The molecule has 3 aromatic rings. The van der Waals surface area contributed by atoms with Gasteiger partial charge in [-0.1, -0.05) is 70.5 Å². The van der Waals surface area contributed by atoms with Crippen molar-refractivity contribution >= 4 is 39.6 Å². The summed E-state index contributed by atoms with van der Waals surface area (Å²) in [6.45, 7) is 0.386. The normalized spacial score (nSPS) is 13.3. The molecule has 7 nitrogen and oxygen atoms in total. The smallest absolute Gasteiger partial charge is 0.261 e. The van der Waals surface area contributed by atoms with E-state index in [-0.39, 0.29) is 43.1 Å². The number of likely N-dealkylation sites (N-methyl/N-ethyl adjacent to an activating group) is 1. The van der Waals surface area contributed by atoms with E-state index in [1.807, 2.05) is 54.6 Å². The molecule has 0 aromatic heterocycles. The van der Waals surface area contributed by atoms with Crippen molar-refractivity contribution in [3.05, 3.63) is 106 Å². The van der Waals surface area contributed by atoms with Gasteiger partial charge in [0, 0.05) is 37.5 Å². The molecule has 1 atom stereocenters. The van der Waals surface area contributed by atoms with E-state index in [4.69, 9.17) is 0 Å². The molecule has 1 aliphatic rings. The summed E-state index contributed by atoms with van der Waals surface area (Å²) >= 11 is 3.43. The first kappa shape index (κ1) is 26.3. The van der Waals surface area contributed by atoms with E-state index in [1.54, 1.807) is 36.2 Å². The minimum atomic E-state index is -0.720. The Morgan fingerprint density at radius 2 is 1.46 bits per heavy atom. The molecule has 0 aliphatic carbocycles. The molecule has 1 N–H and O–H groups in total. The van der Waals surface area contributed by atoms with Crippen molar-refractivity contribution in [3.8, 4) is 0 Å². The van der Waals surface area contributed by atoms with Crippen LogP contribution < -0.4 is 5.32 Å². The molecule has 1 heterocycles. The highest BCUT2D eigenvalue weighted by Gasteiger charge is 2.35. The van der Waals surface area contributed by atoms with Crippen LogP contribution in [-0.2, 0) is 22.6 Å². The Bertz CT molecular complexity index is 1260. The number of rotatable bonds is 10. The van der Waals surface area contributed by atoms with Crippen molar-refractivity contribution in [1.82, 2.24) is 15.1 Å². The predicted molar refractivity (Wildman–Crippen MR) is 144 cm³/mol. The van der Waals surface area contributed by atoms with E-state index >= 15 is 0 Å².